The minimum Gasteiger partial charge on any atom is -0.478 e. The minimum atomic E-state index is -4.83. The highest BCUT2D eigenvalue weighted by atomic mass is 19.4. The molecule has 0 atom stereocenters. The second kappa shape index (κ2) is 5.21. The van der Waals surface area contributed by atoms with Crippen molar-refractivity contribution in [1.82, 2.24) is 4.57 Å². The standard InChI is InChI=1S/C14H10F3NO4/c1-7-9(13(21)22)6-11(14(15,16)17)18(7)10-5-3-2-4-8(10)12(19)20/h2-6H,1H3,(H,19,20)(H,21,22). The highest BCUT2D eigenvalue weighted by Crippen LogP contribution is 2.35. The molecule has 1 aromatic carbocycles. The average molecular weight is 313 g/mol. The molecular formula is C14H10F3NO4. The van der Waals surface area contributed by atoms with Gasteiger partial charge in [0.25, 0.3) is 0 Å². The van der Waals surface area contributed by atoms with E-state index in [2.05, 4.69) is 0 Å². The molecule has 0 aliphatic rings. The van der Waals surface area contributed by atoms with Crippen molar-refractivity contribution in [2.24, 2.45) is 0 Å². The third-order valence-corrected chi connectivity index (χ3v) is 3.14. The molecule has 2 rings (SSSR count). The molecule has 0 radical (unpaired) electrons. The number of carbonyl (C=O) groups is 2. The van der Waals surface area contributed by atoms with Gasteiger partial charge in [-0.3, -0.25) is 0 Å². The lowest BCUT2D eigenvalue weighted by Gasteiger charge is -2.15. The summed E-state index contributed by atoms with van der Waals surface area (Å²) in [7, 11) is 0. The third-order valence-electron chi connectivity index (χ3n) is 3.14. The summed E-state index contributed by atoms with van der Waals surface area (Å²) in [6, 6.07) is 5.59. The molecule has 2 aromatic rings. The van der Waals surface area contributed by atoms with Crippen LogP contribution < -0.4 is 0 Å². The summed E-state index contributed by atoms with van der Waals surface area (Å²) >= 11 is 0. The average Bonchev–Trinajstić information content (AvgIpc) is 2.76. The molecule has 0 saturated heterocycles. The van der Waals surface area contributed by atoms with E-state index >= 15 is 0 Å². The lowest BCUT2D eigenvalue weighted by molar-refractivity contribution is -0.142. The third kappa shape index (κ3) is 2.54. The molecule has 2 N–H and O–H groups in total. The number of benzene rings is 1. The molecule has 8 heteroatoms. The maximum absolute atomic E-state index is 13.2. The van der Waals surface area contributed by atoms with Gasteiger partial charge in [0.05, 0.1) is 16.8 Å². The first-order valence-electron chi connectivity index (χ1n) is 6.00. The van der Waals surface area contributed by atoms with Crippen LogP contribution in [0.15, 0.2) is 30.3 Å². The fraction of sp³-hybridized carbons (Fsp3) is 0.143. The molecule has 0 unspecified atom stereocenters. The highest BCUT2D eigenvalue weighted by molar-refractivity contribution is 5.93. The first-order valence-corrected chi connectivity index (χ1v) is 6.00. The number of para-hydroxylation sites is 1. The Morgan fingerprint density at radius 3 is 2.09 bits per heavy atom. The number of rotatable bonds is 3. The molecule has 0 fully saturated rings. The second-order valence-electron chi connectivity index (χ2n) is 4.49. The van der Waals surface area contributed by atoms with Crippen molar-refractivity contribution in [3.63, 3.8) is 0 Å². The smallest absolute Gasteiger partial charge is 0.431 e. The van der Waals surface area contributed by atoms with Gasteiger partial charge in [0.1, 0.15) is 5.69 Å². The van der Waals surface area contributed by atoms with Crippen LogP contribution in [0.4, 0.5) is 13.2 Å². The number of aromatic carboxylic acids is 2. The molecule has 22 heavy (non-hydrogen) atoms. The van der Waals surface area contributed by atoms with E-state index in [0.717, 1.165) is 6.07 Å². The number of carboxylic acids is 2. The molecule has 0 aliphatic carbocycles. The molecular weight excluding hydrogens is 303 g/mol. The number of carboxylic acid groups (broad SMARTS) is 2. The Hall–Kier alpha value is -2.77. The van der Waals surface area contributed by atoms with Gasteiger partial charge in [0, 0.05) is 5.69 Å². The Kier molecular flexibility index (Phi) is 3.70. The number of hydrogen-bond acceptors (Lipinski definition) is 2. The summed E-state index contributed by atoms with van der Waals surface area (Å²) in [5.41, 5.74) is -2.58. The number of nitrogens with zero attached hydrogens (tertiary/aromatic N) is 1. The summed E-state index contributed by atoms with van der Waals surface area (Å²) in [4.78, 5) is 22.3. The first kappa shape index (κ1) is 15.6. The fourth-order valence-electron chi connectivity index (χ4n) is 2.19. The second-order valence-corrected chi connectivity index (χ2v) is 4.49. The number of hydrogen-bond donors (Lipinski definition) is 2. The molecule has 116 valence electrons. The van der Waals surface area contributed by atoms with E-state index in [0.29, 0.717) is 10.6 Å². The SMILES string of the molecule is Cc1c(C(=O)O)cc(C(F)(F)F)n1-c1ccccc1C(=O)O. The summed E-state index contributed by atoms with van der Waals surface area (Å²) < 4.78 is 40.1. The molecule has 0 bridgehead atoms. The van der Waals surface area contributed by atoms with Crippen LogP contribution in [0.2, 0.25) is 0 Å². The van der Waals surface area contributed by atoms with E-state index in [4.69, 9.17) is 10.2 Å². The Morgan fingerprint density at radius 1 is 1.05 bits per heavy atom. The van der Waals surface area contributed by atoms with E-state index in [1.165, 1.54) is 25.1 Å². The minimum absolute atomic E-state index is 0.200. The van der Waals surface area contributed by atoms with Gasteiger partial charge in [-0.1, -0.05) is 12.1 Å². The van der Waals surface area contributed by atoms with E-state index in [1.54, 1.807) is 0 Å². The van der Waals surface area contributed by atoms with Gasteiger partial charge < -0.3 is 14.8 Å². The van der Waals surface area contributed by atoms with Crippen LogP contribution in [0.25, 0.3) is 5.69 Å². The molecule has 0 amide bonds. The highest BCUT2D eigenvalue weighted by Gasteiger charge is 2.38. The van der Waals surface area contributed by atoms with Crippen molar-refractivity contribution in [1.29, 1.82) is 0 Å². The summed E-state index contributed by atoms with van der Waals surface area (Å²) in [6.07, 6.45) is -4.83. The molecule has 1 aromatic heterocycles. The summed E-state index contributed by atoms with van der Waals surface area (Å²) in [6.45, 7) is 1.19. The van der Waals surface area contributed by atoms with Gasteiger partial charge in [-0.25, -0.2) is 9.59 Å². The van der Waals surface area contributed by atoms with Crippen LogP contribution in [-0.4, -0.2) is 26.7 Å². The quantitative estimate of drug-likeness (QED) is 0.912. The van der Waals surface area contributed by atoms with Gasteiger partial charge in [-0.2, -0.15) is 13.2 Å². The van der Waals surface area contributed by atoms with Crippen LogP contribution in [0, 0.1) is 6.92 Å². The molecule has 5 nitrogen and oxygen atoms in total. The maximum atomic E-state index is 13.2. The Bertz CT molecular complexity index is 762. The normalized spacial score (nSPS) is 11.5. The van der Waals surface area contributed by atoms with Gasteiger partial charge in [-0.15, -0.1) is 0 Å². The van der Waals surface area contributed by atoms with Crippen LogP contribution in [0.5, 0.6) is 0 Å². The first-order chi connectivity index (χ1) is 10.1. The molecule has 0 aliphatic heterocycles. The predicted molar refractivity (Wildman–Crippen MR) is 69.4 cm³/mol. The molecule has 0 spiro atoms. The zero-order valence-electron chi connectivity index (χ0n) is 11.2. The van der Waals surface area contributed by atoms with Crippen LogP contribution in [0.3, 0.4) is 0 Å². The Balaban J connectivity index is 2.86. The maximum Gasteiger partial charge on any atom is 0.431 e. The van der Waals surface area contributed by atoms with Crippen molar-refractivity contribution < 1.29 is 33.0 Å². The molecule has 1 heterocycles. The van der Waals surface area contributed by atoms with E-state index in [9.17, 15) is 22.8 Å². The number of halogens is 3. The van der Waals surface area contributed by atoms with Crippen LogP contribution in [-0.2, 0) is 6.18 Å². The van der Waals surface area contributed by atoms with E-state index in [1.807, 2.05) is 0 Å². The summed E-state index contributed by atoms with van der Waals surface area (Å²) in [5.74, 6) is -2.93. The monoisotopic (exact) mass is 313 g/mol. The lowest BCUT2D eigenvalue weighted by atomic mass is 10.1. The largest absolute Gasteiger partial charge is 0.478 e. The van der Waals surface area contributed by atoms with Crippen molar-refractivity contribution in [3.8, 4) is 5.69 Å². The zero-order chi connectivity index (χ0) is 16.7. The lowest BCUT2D eigenvalue weighted by Crippen LogP contribution is -2.15. The zero-order valence-corrected chi connectivity index (χ0v) is 11.2. The predicted octanol–water partition coefficient (Wildman–Crippen LogP) is 3.20. The summed E-state index contributed by atoms with van der Waals surface area (Å²) in [5, 5.41) is 18.1. The van der Waals surface area contributed by atoms with Crippen molar-refractivity contribution in [2.45, 2.75) is 13.1 Å². The van der Waals surface area contributed by atoms with Gasteiger partial charge >= 0.3 is 18.1 Å². The van der Waals surface area contributed by atoms with Crippen molar-refractivity contribution >= 4 is 11.9 Å². The fourth-order valence-corrected chi connectivity index (χ4v) is 2.19. The Morgan fingerprint density at radius 2 is 1.59 bits per heavy atom. The van der Waals surface area contributed by atoms with E-state index in [-0.39, 0.29) is 16.9 Å². The van der Waals surface area contributed by atoms with Gasteiger partial charge in [0.2, 0.25) is 0 Å². The Labute approximate surface area is 122 Å². The van der Waals surface area contributed by atoms with Gasteiger partial charge in [-0.05, 0) is 25.1 Å². The number of aromatic nitrogens is 1. The van der Waals surface area contributed by atoms with Crippen molar-refractivity contribution in [3.05, 3.63) is 52.8 Å². The van der Waals surface area contributed by atoms with Crippen LogP contribution in [0.1, 0.15) is 32.1 Å². The molecule has 0 saturated carbocycles. The van der Waals surface area contributed by atoms with Crippen molar-refractivity contribution in [2.75, 3.05) is 0 Å². The van der Waals surface area contributed by atoms with Gasteiger partial charge in [0.15, 0.2) is 0 Å². The van der Waals surface area contributed by atoms with Crippen LogP contribution >= 0.6 is 0 Å². The number of alkyl halides is 3. The topological polar surface area (TPSA) is 79.5 Å². The van der Waals surface area contributed by atoms with E-state index < -0.39 is 29.4 Å².